The smallest absolute Gasteiger partial charge is 0.189 e. The Morgan fingerprint density at radius 1 is 1.39 bits per heavy atom. The van der Waals surface area contributed by atoms with Gasteiger partial charge in [0.25, 0.3) is 0 Å². The number of methoxy groups -OCH3 is 1. The van der Waals surface area contributed by atoms with E-state index in [0.29, 0.717) is 30.1 Å². The topological polar surface area (TPSA) is 65.0 Å². The number of phenols is 1. The van der Waals surface area contributed by atoms with Gasteiger partial charge in [0, 0.05) is 19.1 Å². The number of halogens is 1. The fourth-order valence-electron chi connectivity index (χ4n) is 1.33. The molecule has 18 heavy (non-hydrogen) atoms. The predicted molar refractivity (Wildman–Crippen MR) is 66.2 cm³/mol. The molecule has 0 saturated heterocycles. The number of carbonyl (C=O) groups is 1. The summed E-state index contributed by atoms with van der Waals surface area (Å²) in [6.07, 6.45) is 0.698. The standard InChI is InChI=1S/C12H15ClO5/c1-16-6-7-17-8-18-12-9(4-5-14)11(15)3-2-10(12)13/h2-3,5,15H,4,6-8H2,1H3. The molecular formula is C12H15ClO5. The molecule has 0 amide bonds. The minimum absolute atomic E-state index is 0.0276. The number of rotatable bonds is 8. The van der Waals surface area contributed by atoms with Gasteiger partial charge >= 0.3 is 0 Å². The van der Waals surface area contributed by atoms with E-state index in [0.717, 1.165) is 0 Å². The molecule has 100 valence electrons. The van der Waals surface area contributed by atoms with Crippen LogP contribution in [0, 0.1) is 0 Å². The molecule has 5 nitrogen and oxygen atoms in total. The van der Waals surface area contributed by atoms with E-state index < -0.39 is 0 Å². The molecule has 0 aliphatic rings. The summed E-state index contributed by atoms with van der Waals surface area (Å²) in [4.78, 5) is 10.5. The lowest BCUT2D eigenvalue weighted by Crippen LogP contribution is -2.09. The number of aromatic hydroxyl groups is 1. The number of phenolic OH excluding ortho intramolecular Hbond substituents is 1. The molecule has 0 spiro atoms. The molecule has 1 rings (SSSR count). The highest BCUT2D eigenvalue weighted by molar-refractivity contribution is 6.32. The Balaban J connectivity index is 2.67. The maximum Gasteiger partial charge on any atom is 0.189 e. The summed E-state index contributed by atoms with van der Waals surface area (Å²) in [5.41, 5.74) is 0.354. The van der Waals surface area contributed by atoms with Crippen molar-refractivity contribution < 1.29 is 24.1 Å². The third kappa shape index (κ3) is 4.18. The van der Waals surface area contributed by atoms with Crippen molar-refractivity contribution in [3.05, 3.63) is 22.7 Å². The van der Waals surface area contributed by atoms with Crippen molar-refractivity contribution in [2.45, 2.75) is 6.42 Å². The van der Waals surface area contributed by atoms with Crippen LogP contribution in [0.3, 0.4) is 0 Å². The van der Waals surface area contributed by atoms with Crippen LogP contribution in [0.2, 0.25) is 5.02 Å². The first-order valence-electron chi connectivity index (χ1n) is 5.34. The quantitative estimate of drug-likeness (QED) is 0.445. The predicted octanol–water partition coefficient (Wildman–Crippen LogP) is 1.79. The fraction of sp³-hybridized carbons (Fsp3) is 0.417. The largest absolute Gasteiger partial charge is 0.508 e. The van der Waals surface area contributed by atoms with Crippen LogP contribution in [0.4, 0.5) is 0 Å². The summed E-state index contributed by atoms with van der Waals surface area (Å²) in [5.74, 6) is 0.236. The second kappa shape index (κ2) is 7.92. The number of carbonyl (C=O) groups excluding carboxylic acids is 1. The van der Waals surface area contributed by atoms with Gasteiger partial charge in [0.15, 0.2) is 6.79 Å². The molecule has 0 unspecified atom stereocenters. The SMILES string of the molecule is COCCOCOc1c(Cl)ccc(O)c1CC=O. The van der Waals surface area contributed by atoms with Gasteiger partial charge in [0.05, 0.1) is 18.2 Å². The molecular weight excluding hydrogens is 260 g/mol. The van der Waals surface area contributed by atoms with E-state index in [-0.39, 0.29) is 24.7 Å². The summed E-state index contributed by atoms with van der Waals surface area (Å²) >= 11 is 5.94. The maximum atomic E-state index is 10.5. The summed E-state index contributed by atoms with van der Waals surface area (Å²) in [6.45, 7) is 0.812. The van der Waals surface area contributed by atoms with Gasteiger partial charge < -0.3 is 24.1 Å². The van der Waals surface area contributed by atoms with Gasteiger partial charge in [-0.3, -0.25) is 0 Å². The van der Waals surface area contributed by atoms with E-state index in [4.69, 9.17) is 25.8 Å². The highest BCUT2D eigenvalue weighted by Gasteiger charge is 2.13. The zero-order valence-corrected chi connectivity index (χ0v) is 10.8. The molecule has 0 fully saturated rings. The lowest BCUT2D eigenvalue weighted by Gasteiger charge is -2.13. The lowest BCUT2D eigenvalue weighted by atomic mass is 10.1. The monoisotopic (exact) mass is 274 g/mol. The lowest BCUT2D eigenvalue weighted by molar-refractivity contribution is -0.107. The molecule has 0 aromatic heterocycles. The fourth-order valence-corrected chi connectivity index (χ4v) is 1.56. The first-order valence-corrected chi connectivity index (χ1v) is 5.72. The summed E-state index contributed by atoms with van der Waals surface area (Å²) < 4.78 is 15.3. The van der Waals surface area contributed by atoms with Crippen LogP contribution in [0.25, 0.3) is 0 Å². The average molecular weight is 275 g/mol. The van der Waals surface area contributed by atoms with Crippen LogP contribution in [-0.4, -0.2) is 38.5 Å². The summed E-state index contributed by atoms with van der Waals surface area (Å²) in [6, 6.07) is 2.91. The van der Waals surface area contributed by atoms with Crippen LogP contribution in [0.5, 0.6) is 11.5 Å². The Kier molecular flexibility index (Phi) is 6.49. The minimum atomic E-state index is -0.0294. The maximum absolute atomic E-state index is 10.5. The second-order valence-electron chi connectivity index (χ2n) is 3.41. The van der Waals surface area contributed by atoms with Crippen molar-refractivity contribution in [1.82, 2.24) is 0 Å². The van der Waals surface area contributed by atoms with Crippen molar-refractivity contribution in [3.63, 3.8) is 0 Å². The second-order valence-corrected chi connectivity index (χ2v) is 3.82. The molecule has 0 aliphatic carbocycles. The highest BCUT2D eigenvalue weighted by Crippen LogP contribution is 2.35. The zero-order valence-electron chi connectivity index (χ0n) is 10.0. The Morgan fingerprint density at radius 3 is 2.83 bits per heavy atom. The Labute approximate surface area is 110 Å². The molecule has 0 radical (unpaired) electrons. The molecule has 1 aromatic carbocycles. The first-order chi connectivity index (χ1) is 8.70. The number of aldehydes is 1. The van der Waals surface area contributed by atoms with Gasteiger partial charge in [0.2, 0.25) is 0 Å². The highest BCUT2D eigenvalue weighted by atomic mass is 35.5. The van der Waals surface area contributed by atoms with Crippen LogP contribution >= 0.6 is 11.6 Å². The first kappa shape index (κ1) is 14.8. The normalized spacial score (nSPS) is 10.3. The minimum Gasteiger partial charge on any atom is -0.508 e. The van der Waals surface area contributed by atoms with Gasteiger partial charge in [-0.15, -0.1) is 0 Å². The number of benzene rings is 1. The van der Waals surface area contributed by atoms with Gasteiger partial charge in [-0.1, -0.05) is 11.6 Å². The summed E-state index contributed by atoms with van der Waals surface area (Å²) in [5, 5.41) is 9.95. The van der Waals surface area contributed by atoms with E-state index in [1.807, 2.05) is 0 Å². The van der Waals surface area contributed by atoms with Crippen molar-refractivity contribution in [3.8, 4) is 11.5 Å². The summed E-state index contributed by atoms with van der Waals surface area (Å²) in [7, 11) is 1.57. The molecule has 1 N–H and O–H groups in total. The third-order valence-electron chi connectivity index (χ3n) is 2.19. The molecule has 0 saturated carbocycles. The van der Waals surface area contributed by atoms with E-state index in [1.54, 1.807) is 7.11 Å². The molecule has 0 atom stereocenters. The van der Waals surface area contributed by atoms with E-state index >= 15 is 0 Å². The molecule has 0 bridgehead atoms. The Hall–Kier alpha value is -1.30. The zero-order chi connectivity index (χ0) is 13.4. The average Bonchev–Trinajstić information content (AvgIpc) is 2.36. The molecule has 0 heterocycles. The third-order valence-corrected chi connectivity index (χ3v) is 2.49. The van der Waals surface area contributed by atoms with Crippen molar-refractivity contribution in [1.29, 1.82) is 0 Å². The number of ether oxygens (including phenoxy) is 3. The van der Waals surface area contributed by atoms with E-state index in [1.165, 1.54) is 12.1 Å². The van der Waals surface area contributed by atoms with Gasteiger partial charge in [-0.25, -0.2) is 0 Å². The molecule has 0 aliphatic heterocycles. The van der Waals surface area contributed by atoms with Crippen LogP contribution in [0.15, 0.2) is 12.1 Å². The Bertz CT molecular complexity index is 394. The Morgan fingerprint density at radius 2 is 2.17 bits per heavy atom. The van der Waals surface area contributed by atoms with Crippen molar-refractivity contribution in [2.75, 3.05) is 27.1 Å². The number of hydrogen-bond acceptors (Lipinski definition) is 5. The van der Waals surface area contributed by atoms with Gasteiger partial charge in [0.1, 0.15) is 17.8 Å². The van der Waals surface area contributed by atoms with Crippen molar-refractivity contribution >= 4 is 17.9 Å². The molecule has 1 aromatic rings. The van der Waals surface area contributed by atoms with E-state index in [9.17, 15) is 9.90 Å². The van der Waals surface area contributed by atoms with Crippen LogP contribution < -0.4 is 4.74 Å². The van der Waals surface area contributed by atoms with Crippen LogP contribution in [-0.2, 0) is 20.7 Å². The van der Waals surface area contributed by atoms with Gasteiger partial charge in [-0.2, -0.15) is 0 Å². The van der Waals surface area contributed by atoms with Crippen molar-refractivity contribution in [2.24, 2.45) is 0 Å². The number of hydrogen-bond donors (Lipinski definition) is 1. The van der Waals surface area contributed by atoms with Gasteiger partial charge in [-0.05, 0) is 12.1 Å². The molecule has 6 heteroatoms. The van der Waals surface area contributed by atoms with Crippen LogP contribution in [0.1, 0.15) is 5.56 Å². The van der Waals surface area contributed by atoms with E-state index in [2.05, 4.69) is 0 Å².